The summed E-state index contributed by atoms with van der Waals surface area (Å²) < 4.78 is 10.1. The van der Waals surface area contributed by atoms with E-state index in [4.69, 9.17) is 21.1 Å². The van der Waals surface area contributed by atoms with Crippen molar-refractivity contribution in [2.24, 2.45) is 10.8 Å². The lowest BCUT2D eigenvalue weighted by atomic mass is 9.75. The molecule has 2 rings (SSSR count). The zero-order valence-corrected chi connectivity index (χ0v) is 13.9. The summed E-state index contributed by atoms with van der Waals surface area (Å²) in [6.45, 7) is 2.16. The van der Waals surface area contributed by atoms with Gasteiger partial charge in [-0.25, -0.2) is 0 Å². The maximum atomic E-state index is 13.0. The van der Waals surface area contributed by atoms with Crippen LogP contribution >= 0.6 is 11.6 Å². The third-order valence-corrected chi connectivity index (χ3v) is 4.80. The van der Waals surface area contributed by atoms with Crippen LogP contribution in [0.1, 0.15) is 25.3 Å². The SMILES string of the molecule is COCC1(C)CCC(Cc2ccc(Cl)cc2)(C(=O)OC)C1=O. The third-order valence-electron chi connectivity index (χ3n) is 4.54. The number of rotatable bonds is 5. The Hall–Kier alpha value is -1.39. The predicted molar refractivity (Wildman–Crippen MR) is 83.8 cm³/mol. The number of Topliss-reactive ketones (excluding diaryl/α,β-unsaturated/α-hetero) is 1. The molecule has 120 valence electrons. The van der Waals surface area contributed by atoms with E-state index < -0.39 is 16.8 Å². The number of carbonyl (C=O) groups is 2. The molecular weight excluding hydrogens is 304 g/mol. The number of halogens is 1. The summed E-state index contributed by atoms with van der Waals surface area (Å²) in [4.78, 5) is 25.4. The van der Waals surface area contributed by atoms with E-state index >= 15 is 0 Å². The van der Waals surface area contributed by atoms with E-state index in [1.165, 1.54) is 7.11 Å². The molecule has 0 amide bonds. The first-order valence-corrected chi connectivity index (χ1v) is 7.62. The minimum Gasteiger partial charge on any atom is -0.468 e. The molecule has 0 saturated heterocycles. The molecule has 2 unspecified atom stereocenters. The average molecular weight is 325 g/mol. The Balaban J connectivity index is 2.36. The van der Waals surface area contributed by atoms with Gasteiger partial charge in [-0.3, -0.25) is 9.59 Å². The number of benzene rings is 1. The summed E-state index contributed by atoms with van der Waals surface area (Å²) >= 11 is 5.89. The van der Waals surface area contributed by atoms with Crippen LogP contribution in [0.3, 0.4) is 0 Å². The maximum absolute atomic E-state index is 13.0. The molecule has 4 nitrogen and oxygen atoms in total. The fourth-order valence-corrected chi connectivity index (χ4v) is 3.46. The molecule has 1 saturated carbocycles. The number of ketones is 1. The van der Waals surface area contributed by atoms with Gasteiger partial charge in [0.05, 0.1) is 19.1 Å². The van der Waals surface area contributed by atoms with Crippen LogP contribution in [-0.2, 0) is 25.5 Å². The van der Waals surface area contributed by atoms with Gasteiger partial charge in [0.15, 0.2) is 5.78 Å². The van der Waals surface area contributed by atoms with Gasteiger partial charge >= 0.3 is 5.97 Å². The van der Waals surface area contributed by atoms with E-state index in [0.717, 1.165) is 5.56 Å². The summed E-state index contributed by atoms with van der Waals surface area (Å²) in [5, 5.41) is 0.623. The zero-order valence-electron chi connectivity index (χ0n) is 13.1. The molecule has 5 heteroatoms. The lowest BCUT2D eigenvalue weighted by Crippen LogP contribution is -2.44. The highest BCUT2D eigenvalue weighted by atomic mass is 35.5. The van der Waals surface area contributed by atoms with Crippen LogP contribution in [0.15, 0.2) is 24.3 Å². The zero-order chi connectivity index (χ0) is 16.4. The normalized spacial score (nSPS) is 27.9. The van der Waals surface area contributed by atoms with E-state index in [-0.39, 0.29) is 5.78 Å². The summed E-state index contributed by atoms with van der Waals surface area (Å²) in [5.74, 6) is -0.559. The third kappa shape index (κ3) is 2.90. The van der Waals surface area contributed by atoms with Gasteiger partial charge in [-0.2, -0.15) is 0 Å². The van der Waals surface area contributed by atoms with Crippen LogP contribution in [0.2, 0.25) is 5.02 Å². The molecule has 22 heavy (non-hydrogen) atoms. The molecule has 0 bridgehead atoms. The highest BCUT2D eigenvalue weighted by Crippen LogP contribution is 2.48. The number of methoxy groups -OCH3 is 2. The van der Waals surface area contributed by atoms with Crippen LogP contribution in [0, 0.1) is 10.8 Å². The van der Waals surface area contributed by atoms with Crippen LogP contribution in [0.25, 0.3) is 0 Å². The molecule has 1 fully saturated rings. The second-order valence-corrected chi connectivity index (χ2v) is 6.64. The van der Waals surface area contributed by atoms with Gasteiger partial charge in [0.25, 0.3) is 0 Å². The minimum atomic E-state index is -1.13. The quantitative estimate of drug-likeness (QED) is 0.617. The topological polar surface area (TPSA) is 52.6 Å². The molecule has 1 aliphatic rings. The predicted octanol–water partition coefficient (Wildman–Crippen LogP) is 3.06. The molecule has 1 aromatic rings. The Kier molecular flexibility index (Phi) is 4.93. The largest absolute Gasteiger partial charge is 0.468 e. The van der Waals surface area contributed by atoms with E-state index in [1.807, 2.05) is 19.1 Å². The molecule has 0 radical (unpaired) electrons. The Morgan fingerprint density at radius 3 is 2.41 bits per heavy atom. The average Bonchev–Trinajstić information content (AvgIpc) is 2.75. The van der Waals surface area contributed by atoms with Crippen molar-refractivity contribution < 1.29 is 19.1 Å². The Labute approximate surface area is 135 Å². The lowest BCUT2D eigenvalue weighted by molar-refractivity contribution is -0.158. The van der Waals surface area contributed by atoms with Gasteiger partial charge < -0.3 is 9.47 Å². The van der Waals surface area contributed by atoms with Crippen molar-refractivity contribution in [3.63, 3.8) is 0 Å². The second kappa shape index (κ2) is 6.39. The molecule has 1 aliphatic carbocycles. The van der Waals surface area contributed by atoms with Crippen molar-refractivity contribution in [1.29, 1.82) is 0 Å². The standard InChI is InChI=1S/C17H21ClO4/c1-16(11-21-2)8-9-17(14(16)19,15(20)22-3)10-12-4-6-13(18)7-5-12/h4-7H,8-11H2,1-3H3. The van der Waals surface area contributed by atoms with Gasteiger partial charge in [-0.05, 0) is 37.0 Å². The second-order valence-electron chi connectivity index (χ2n) is 6.20. The van der Waals surface area contributed by atoms with Gasteiger partial charge in [0.1, 0.15) is 5.41 Å². The fourth-order valence-electron chi connectivity index (χ4n) is 3.33. The van der Waals surface area contributed by atoms with E-state index in [9.17, 15) is 9.59 Å². The van der Waals surface area contributed by atoms with Crippen LogP contribution in [0.5, 0.6) is 0 Å². The molecular formula is C17H21ClO4. The van der Waals surface area contributed by atoms with Crippen molar-refractivity contribution in [3.05, 3.63) is 34.9 Å². The molecule has 0 N–H and O–H groups in total. The number of ether oxygens (including phenoxy) is 2. The van der Waals surface area contributed by atoms with Crippen molar-refractivity contribution in [3.8, 4) is 0 Å². The van der Waals surface area contributed by atoms with Gasteiger partial charge in [0.2, 0.25) is 0 Å². The first kappa shape index (κ1) is 17.0. The Morgan fingerprint density at radius 1 is 1.23 bits per heavy atom. The molecule has 0 heterocycles. The summed E-state index contributed by atoms with van der Waals surface area (Å²) in [6.07, 6.45) is 1.42. The number of hydrogen-bond acceptors (Lipinski definition) is 4. The van der Waals surface area contributed by atoms with Crippen LogP contribution < -0.4 is 0 Å². The van der Waals surface area contributed by atoms with Gasteiger partial charge in [-0.1, -0.05) is 30.7 Å². The molecule has 0 spiro atoms. The van der Waals surface area contributed by atoms with Crippen molar-refractivity contribution in [2.45, 2.75) is 26.2 Å². The molecule has 1 aromatic carbocycles. The Morgan fingerprint density at radius 2 is 1.86 bits per heavy atom. The minimum absolute atomic E-state index is 0.0938. The smallest absolute Gasteiger partial charge is 0.319 e. The van der Waals surface area contributed by atoms with Crippen LogP contribution in [0.4, 0.5) is 0 Å². The number of carbonyl (C=O) groups excluding carboxylic acids is 2. The van der Waals surface area contributed by atoms with E-state index in [0.29, 0.717) is 30.9 Å². The highest BCUT2D eigenvalue weighted by molar-refractivity contribution is 6.30. The maximum Gasteiger partial charge on any atom is 0.319 e. The van der Waals surface area contributed by atoms with Gasteiger partial charge in [0, 0.05) is 12.1 Å². The lowest BCUT2D eigenvalue weighted by Gasteiger charge is -2.28. The first-order chi connectivity index (χ1) is 10.4. The molecule has 0 aliphatic heterocycles. The number of esters is 1. The van der Waals surface area contributed by atoms with Crippen molar-refractivity contribution in [2.75, 3.05) is 20.8 Å². The van der Waals surface area contributed by atoms with Crippen molar-refractivity contribution in [1.82, 2.24) is 0 Å². The van der Waals surface area contributed by atoms with E-state index in [1.54, 1.807) is 19.2 Å². The van der Waals surface area contributed by atoms with Crippen molar-refractivity contribution >= 4 is 23.4 Å². The summed E-state index contributed by atoms with van der Waals surface area (Å²) in [7, 11) is 2.89. The molecule has 2 atom stereocenters. The summed E-state index contributed by atoms with van der Waals surface area (Å²) in [6, 6.07) is 7.20. The first-order valence-electron chi connectivity index (χ1n) is 7.25. The monoisotopic (exact) mass is 324 g/mol. The van der Waals surface area contributed by atoms with Gasteiger partial charge in [-0.15, -0.1) is 0 Å². The summed E-state index contributed by atoms with van der Waals surface area (Å²) in [5.41, 5.74) is -0.879. The van der Waals surface area contributed by atoms with E-state index in [2.05, 4.69) is 0 Å². The fraction of sp³-hybridized carbons (Fsp3) is 0.529. The highest BCUT2D eigenvalue weighted by Gasteiger charge is 2.59. The Bertz CT molecular complexity index is 569. The number of hydrogen-bond donors (Lipinski definition) is 0. The van der Waals surface area contributed by atoms with Crippen LogP contribution in [-0.4, -0.2) is 32.6 Å². The molecule has 0 aromatic heterocycles.